The number of hydrogen-bond acceptors (Lipinski definition) is 1. The van der Waals surface area contributed by atoms with Crippen LogP contribution in [0.5, 0.6) is 11.5 Å². The summed E-state index contributed by atoms with van der Waals surface area (Å²) in [5.41, 5.74) is 9.43. The SMILES string of the molecule is c1ccc2c(c1)Oc1ccc(-c3ccc(-n4c5ccccc5c5ccccc54)c4ccccc34)c3c4ccccc4n-2c13. The van der Waals surface area contributed by atoms with Gasteiger partial charge in [0, 0.05) is 26.9 Å². The average molecular weight is 549 g/mol. The minimum atomic E-state index is 0.881. The van der Waals surface area contributed by atoms with Crippen molar-refractivity contribution in [2.45, 2.75) is 0 Å². The fraction of sp³-hybridized carbons (Fsp3) is 0. The van der Waals surface area contributed by atoms with Gasteiger partial charge in [-0.25, -0.2) is 0 Å². The van der Waals surface area contributed by atoms with E-state index in [0.717, 1.165) is 22.7 Å². The Morgan fingerprint density at radius 2 is 0.907 bits per heavy atom. The molecule has 9 aromatic rings. The van der Waals surface area contributed by atoms with Crippen LogP contribution in [0.1, 0.15) is 0 Å². The summed E-state index contributed by atoms with van der Waals surface area (Å²) in [6.45, 7) is 0. The zero-order valence-electron chi connectivity index (χ0n) is 23.2. The minimum Gasteiger partial charge on any atom is -0.453 e. The highest BCUT2D eigenvalue weighted by Crippen LogP contribution is 2.49. The lowest BCUT2D eigenvalue weighted by Crippen LogP contribution is -2.04. The van der Waals surface area contributed by atoms with Crippen LogP contribution >= 0.6 is 0 Å². The fourth-order valence-corrected chi connectivity index (χ4v) is 7.37. The van der Waals surface area contributed by atoms with Gasteiger partial charge in [0.25, 0.3) is 0 Å². The molecule has 1 aliphatic rings. The minimum absolute atomic E-state index is 0.881. The first-order valence-electron chi connectivity index (χ1n) is 14.7. The molecule has 7 aromatic carbocycles. The Morgan fingerprint density at radius 1 is 0.349 bits per heavy atom. The molecule has 0 atom stereocenters. The van der Waals surface area contributed by atoms with Crippen LogP contribution in [-0.2, 0) is 0 Å². The van der Waals surface area contributed by atoms with Gasteiger partial charge in [-0.1, -0.05) is 97.1 Å². The molecule has 3 nitrogen and oxygen atoms in total. The van der Waals surface area contributed by atoms with E-state index in [0.29, 0.717) is 0 Å². The van der Waals surface area contributed by atoms with Crippen molar-refractivity contribution in [2.75, 3.05) is 0 Å². The summed E-state index contributed by atoms with van der Waals surface area (Å²) < 4.78 is 11.3. The molecule has 0 spiro atoms. The molecule has 3 heteroatoms. The lowest BCUT2D eigenvalue weighted by atomic mass is 9.93. The highest BCUT2D eigenvalue weighted by atomic mass is 16.5. The van der Waals surface area contributed by atoms with E-state index >= 15 is 0 Å². The number of para-hydroxylation sites is 5. The van der Waals surface area contributed by atoms with E-state index in [2.05, 4.69) is 143 Å². The third kappa shape index (κ3) is 2.98. The van der Waals surface area contributed by atoms with Crippen molar-refractivity contribution < 1.29 is 4.74 Å². The molecule has 0 radical (unpaired) electrons. The van der Waals surface area contributed by atoms with Gasteiger partial charge in [0.1, 0.15) is 0 Å². The number of nitrogens with zero attached hydrogens (tertiary/aromatic N) is 2. The van der Waals surface area contributed by atoms with E-state index in [1.54, 1.807) is 0 Å². The molecule has 200 valence electrons. The van der Waals surface area contributed by atoms with Crippen LogP contribution < -0.4 is 4.74 Å². The topological polar surface area (TPSA) is 19.1 Å². The number of rotatable bonds is 2. The zero-order valence-corrected chi connectivity index (χ0v) is 23.2. The number of benzene rings is 7. The summed E-state index contributed by atoms with van der Waals surface area (Å²) >= 11 is 0. The van der Waals surface area contributed by atoms with Gasteiger partial charge in [-0.2, -0.15) is 0 Å². The van der Waals surface area contributed by atoms with Crippen molar-refractivity contribution in [1.29, 1.82) is 0 Å². The van der Waals surface area contributed by atoms with Crippen LogP contribution in [0.3, 0.4) is 0 Å². The molecule has 43 heavy (non-hydrogen) atoms. The van der Waals surface area contributed by atoms with Gasteiger partial charge < -0.3 is 13.9 Å². The number of fused-ring (bicyclic) bond motifs is 9. The summed E-state index contributed by atoms with van der Waals surface area (Å²) in [4.78, 5) is 0. The Hall–Kier alpha value is -5.80. The van der Waals surface area contributed by atoms with Crippen LogP contribution in [0.4, 0.5) is 0 Å². The first kappa shape index (κ1) is 22.8. The molecule has 2 aromatic heterocycles. The van der Waals surface area contributed by atoms with Gasteiger partial charge in [-0.15, -0.1) is 0 Å². The summed E-state index contributed by atoms with van der Waals surface area (Å²) in [6, 6.07) is 52.3. The second kappa shape index (κ2) is 8.37. The molecule has 0 amide bonds. The van der Waals surface area contributed by atoms with Crippen molar-refractivity contribution in [3.63, 3.8) is 0 Å². The predicted molar refractivity (Wildman–Crippen MR) is 178 cm³/mol. The van der Waals surface area contributed by atoms with Crippen molar-refractivity contribution in [3.8, 4) is 34.0 Å². The smallest absolute Gasteiger partial charge is 0.152 e. The molecule has 0 saturated carbocycles. The van der Waals surface area contributed by atoms with Gasteiger partial charge in [0.05, 0.1) is 33.4 Å². The van der Waals surface area contributed by atoms with Gasteiger partial charge in [-0.05, 0) is 65.0 Å². The summed E-state index contributed by atoms with van der Waals surface area (Å²) in [5.74, 6) is 1.77. The van der Waals surface area contributed by atoms with E-state index < -0.39 is 0 Å². The van der Waals surface area contributed by atoms with E-state index in [1.165, 1.54) is 65.7 Å². The normalized spacial score (nSPS) is 12.4. The fourth-order valence-electron chi connectivity index (χ4n) is 7.37. The Balaban J connectivity index is 1.31. The summed E-state index contributed by atoms with van der Waals surface area (Å²) in [7, 11) is 0. The average Bonchev–Trinajstić information content (AvgIpc) is 3.60. The number of ether oxygens (including phenoxy) is 1. The van der Waals surface area contributed by atoms with E-state index in [9.17, 15) is 0 Å². The third-order valence-corrected chi connectivity index (χ3v) is 9.12. The molecule has 0 N–H and O–H groups in total. The number of aromatic nitrogens is 2. The van der Waals surface area contributed by atoms with Gasteiger partial charge in [0.2, 0.25) is 0 Å². The molecule has 0 bridgehead atoms. The molecule has 1 aliphatic heterocycles. The van der Waals surface area contributed by atoms with Crippen LogP contribution in [0.2, 0.25) is 0 Å². The maximum Gasteiger partial charge on any atom is 0.152 e. The molecule has 3 heterocycles. The van der Waals surface area contributed by atoms with Crippen LogP contribution in [0, 0.1) is 0 Å². The van der Waals surface area contributed by atoms with Gasteiger partial charge in [-0.3, -0.25) is 0 Å². The van der Waals surface area contributed by atoms with Crippen LogP contribution in [0.15, 0.2) is 146 Å². The lowest BCUT2D eigenvalue weighted by molar-refractivity contribution is 0.476. The summed E-state index contributed by atoms with van der Waals surface area (Å²) in [5, 5.41) is 7.44. The Bertz CT molecular complexity index is 2550. The maximum atomic E-state index is 6.48. The first-order valence-corrected chi connectivity index (χ1v) is 14.7. The molecular formula is C40H24N2O. The van der Waals surface area contributed by atoms with Crippen molar-refractivity contribution in [1.82, 2.24) is 9.13 Å². The van der Waals surface area contributed by atoms with E-state index in [4.69, 9.17) is 4.74 Å². The van der Waals surface area contributed by atoms with Crippen molar-refractivity contribution in [2.24, 2.45) is 0 Å². The molecule has 10 rings (SSSR count). The van der Waals surface area contributed by atoms with E-state index in [-0.39, 0.29) is 0 Å². The van der Waals surface area contributed by atoms with Crippen LogP contribution in [-0.4, -0.2) is 9.13 Å². The Labute approximate surface area is 247 Å². The lowest BCUT2D eigenvalue weighted by Gasteiger charge is -2.21. The standard InChI is InChI=1S/C40H24N2O/c1-2-12-27-25(11-1)26(21-23-35(27)41-32-16-6-3-13-28(32)29-14-4-7-17-33(29)41)30-22-24-38-40-39(30)31-15-5-8-18-34(31)42(40)36-19-9-10-20-37(36)43-38/h1-24H. The highest BCUT2D eigenvalue weighted by molar-refractivity contribution is 6.20. The Morgan fingerprint density at radius 3 is 1.65 bits per heavy atom. The van der Waals surface area contributed by atoms with Crippen LogP contribution in [0.25, 0.3) is 76.9 Å². The molecule has 0 fully saturated rings. The molecule has 0 saturated heterocycles. The molecule has 0 aliphatic carbocycles. The van der Waals surface area contributed by atoms with Crippen molar-refractivity contribution >= 4 is 54.4 Å². The second-order valence-corrected chi connectivity index (χ2v) is 11.3. The zero-order chi connectivity index (χ0) is 28.1. The second-order valence-electron chi connectivity index (χ2n) is 11.3. The first-order chi connectivity index (χ1) is 21.4. The maximum absolute atomic E-state index is 6.48. The third-order valence-electron chi connectivity index (χ3n) is 9.12. The number of hydrogen-bond donors (Lipinski definition) is 0. The monoisotopic (exact) mass is 548 g/mol. The highest BCUT2D eigenvalue weighted by Gasteiger charge is 2.26. The largest absolute Gasteiger partial charge is 0.453 e. The molecule has 0 unspecified atom stereocenters. The van der Waals surface area contributed by atoms with Crippen molar-refractivity contribution in [3.05, 3.63) is 146 Å². The summed E-state index contributed by atoms with van der Waals surface area (Å²) in [6.07, 6.45) is 0. The van der Waals surface area contributed by atoms with E-state index in [1.807, 2.05) is 12.1 Å². The molecular weight excluding hydrogens is 524 g/mol. The quantitative estimate of drug-likeness (QED) is 0.210. The Kier molecular flexibility index (Phi) is 4.45. The van der Waals surface area contributed by atoms with Gasteiger partial charge in [0.15, 0.2) is 11.5 Å². The van der Waals surface area contributed by atoms with Gasteiger partial charge >= 0.3 is 0 Å². The predicted octanol–water partition coefficient (Wildman–Crippen LogP) is 10.8.